The molecule has 2 aromatic carbocycles. The molecule has 0 bridgehead atoms. The molecule has 0 atom stereocenters. The van der Waals surface area contributed by atoms with E-state index in [2.05, 4.69) is 0 Å². The van der Waals surface area contributed by atoms with Crippen molar-refractivity contribution >= 4 is 20.8 Å². The highest BCUT2D eigenvalue weighted by molar-refractivity contribution is 7.89. The third-order valence-corrected chi connectivity index (χ3v) is 3.23. The SMILES string of the molecule is Cc1cc(S(N)(=O)=O)c2ccccc2c1. The Bertz CT molecular complexity index is 618. The molecule has 0 aliphatic carbocycles. The van der Waals surface area contributed by atoms with Crippen LogP contribution in [0.25, 0.3) is 10.8 Å². The first-order chi connectivity index (χ1) is 6.98. The van der Waals surface area contributed by atoms with Gasteiger partial charge in [-0.05, 0) is 23.9 Å². The molecule has 0 aliphatic rings. The van der Waals surface area contributed by atoms with E-state index in [0.29, 0.717) is 5.39 Å². The van der Waals surface area contributed by atoms with Gasteiger partial charge in [0.05, 0.1) is 4.90 Å². The highest BCUT2D eigenvalue weighted by atomic mass is 32.2. The van der Waals surface area contributed by atoms with E-state index in [9.17, 15) is 8.42 Å². The van der Waals surface area contributed by atoms with Gasteiger partial charge in [-0.15, -0.1) is 0 Å². The van der Waals surface area contributed by atoms with Crippen LogP contribution < -0.4 is 5.14 Å². The second-order valence-electron chi connectivity index (χ2n) is 3.53. The minimum absolute atomic E-state index is 0.193. The summed E-state index contributed by atoms with van der Waals surface area (Å²) < 4.78 is 22.8. The largest absolute Gasteiger partial charge is 0.238 e. The number of aryl methyl sites for hydroxylation is 1. The van der Waals surface area contributed by atoms with Crippen molar-refractivity contribution in [3.05, 3.63) is 42.0 Å². The summed E-state index contributed by atoms with van der Waals surface area (Å²) in [4.78, 5) is 0.193. The van der Waals surface area contributed by atoms with Crippen LogP contribution in [0.2, 0.25) is 0 Å². The van der Waals surface area contributed by atoms with Gasteiger partial charge in [-0.1, -0.05) is 30.3 Å². The molecular formula is C11H11NO2S. The normalized spacial score (nSPS) is 11.9. The Morgan fingerprint density at radius 1 is 1.13 bits per heavy atom. The van der Waals surface area contributed by atoms with Crippen LogP contribution in [0.4, 0.5) is 0 Å². The van der Waals surface area contributed by atoms with Gasteiger partial charge in [-0.2, -0.15) is 0 Å². The first-order valence-electron chi connectivity index (χ1n) is 4.51. The molecule has 0 spiro atoms. The maximum Gasteiger partial charge on any atom is 0.238 e. The molecule has 0 heterocycles. The van der Waals surface area contributed by atoms with E-state index < -0.39 is 10.0 Å². The van der Waals surface area contributed by atoms with Gasteiger partial charge in [0.1, 0.15) is 0 Å². The van der Waals surface area contributed by atoms with Crippen LogP contribution in [0.3, 0.4) is 0 Å². The number of benzene rings is 2. The first-order valence-corrected chi connectivity index (χ1v) is 6.05. The summed E-state index contributed by atoms with van der Waals surface area (Å²) in [5, 5.41) is 6.73. The van der Waals surface area contributed by atoms with Crippen molar-refractivity contribution in [1.29, 1.82) is 0 Å². The third kappa shape index (κ3) is 1.86. The Morgan fingerprint density at radius 2 is 1.80 bits per heavy atom. The Hall–Kier alpha value is -1.39. The van der Waals surface area contributed by atoms with Crippen LogP contribution in [0.15, 0.2) is 41.3 Å². The number of primary sulfonamides is 1. The van der Waals surface area contributed by atoms with Crippen LogP contribution in [-0.4, -0.2) is 8.42 Å². The molecule has 0 fully saturated rings. The molecule has 0 amide bonds. The summed E-state index contributed by atoms with van der Waals surface area (Å²) in [5.74, 6) is 0. The smallest absolute Gasteiger partial charge is 0.225 e. The molecule has 2 aromatic rings. The molecule has 0 unspecified atom stereocenters. The van der Waals surface area contributed by atoms with E-state index in [-0.39, 0.29) is 4.90 Å². The highest BCUT2D eigenvalue weighted by Crippen LogP contribution is 2.23. The zero-order valence-corrected chi connectivity index (χ0v) is 9.08. The lowest BCUT2D eigenvalue weighted by Crippen LogP contribution is -2.12. The summed E-state index contributed by atoms with van der Waals surface area (Å²) in [5.41, 5.74) is 0.887. The van der Waals surface area contributed by atoms with E-state index in [1.54, 1.807) is 18.2 Å². The van der Waals surface area contributed by atoms with E-state index in [4.69, 9.17) is 5.14 Å². The van der Waals surface area contributed by atoms with Crippen molar-refractivity contribution < 1.29 is 8.42 Å². The standard InChI is InChI=1S/C11H11NO2S/c1-8-6-9-4-2-3-5-10(9)11(7-8)15(12,13)14/h2-7H,1H3,(H2,12,13,14). The van der Waals surface area contributed by atoms with Gasteiger partial charge < -0.3 is 0 Å². The lowest BCUT2D eigenvalue weighted by atomic mass is 10.1. The molecule has 0 aromatic heterocycles. The first kappa shape index (κ1) is 10.1. The molecule has 4 heteroatoms. The highest BCUT2D eigenvalue weighted by Gasteiger charge is 2.12. The van der Waals surface area contributed by atoms with Gasteiger partial charge in [0.25, 0.3) is 0 Å². The molecule has 3 nitrogen and oxygen atoms in total. The monoisotopic (exact) mass is 221 g/mol. The number of sulfonamides is 1. The molecule has 2 rings (SSSR count). The Morgan fingerprint density at radius 3 is 2.47 bits per heavy atom. The van der Waals surface area contributed by atoms with Crippen molar-refractivity contribution in [3.8, 4) is 0 Å². The molecule has 0 saturated carbocycles. The predicted octanol–water partition coefficient (Wildman–Crippen LogP) is 1.80. The fourth-order valence-electron chi connectivity index (χ4n) is 1.65. The van der Waals surface area contributed by atoms with E-state index >= 15 is 0 Å². The second-order valence-corrected chi connectivity index (χ2v) is 5.06. The minimum atomic E-state index is -3.65. The Balaban J connectivity index is 2.96. The summed E-state index contributed by atoms with van der Waals surface area (Å²) >= 11 is 0. The Labute approximate surface area is 88.6 Å². The van der Waals surface area contributed by atoms with Crippen molar-refractivity contribution in [2.45, 2.75) is 11.8 Å². The summed E-state index contributed by atoms with van der Waals surface area (Å²) in [6.07, 6.45) is 0. The molecule has 0 radical (unpaired) electrons. The van der Waals surface area contributed by atoms with Crippen LogP contribution in [0.5, 0.6) is 0 Å². The zero-order chi connectivity index (χ0) is 11.1. The summed E-state index contributed by atoms with van der Waals surface area (Å²) in [6, 6.07) is 10.8. The fraction of sp³-hybridized carbons (Fsp3) is 0.0909. The molecule has 2 N–H and O–H groups in total. The maximum atomic E-state index is 11.4. The molecule has 0 aliphatic heterocycles. The van der Waals surface area contributed by atoms with Gasteiger partial charge >= 0.3 is 0 Å². The second kappa shape index (κ2) is 3.32. The van der Waals surface area contributed by atoms with Crippen molar-refractivity contribution in [1.82, 2.24) is 0 Å². The topological polar surface area (TPSA) is 60.2 Å². The average Bonchev–Trinajstić information content (AvgIpc) is 2.15. The maximum absolute atomic E-state index is 11.4. The van der Waals surface area contributed by atoms with Crippen LogP contribution in [0.1, 0.15) is 5.56 Å². The molecular weight excluding hydrogens is 210 g/mol. The fourth-order valence-corrected chi connectivity index (χ4v) is 2.50. The quantitative estimate of drug-likeness (QED) is 0.798. The molecule has 78 valence electrons. The van der Waals surface area contributed by atoms with Gasteiger partial charge in [-0.3, -0.25) is 0 Å². The molecule has 0 saturated heterocycles. The number of rotatable bonds is 1. The van der Waals surface area contributed by atoms with E-state index in [1.807, 2.05) is 25.1 Å². The summed E-state index contributed by atoms with van der Waals surface area (Å²) in [7, 11) is -3.65. The van der Waals surface area contributed by atoms with E-state index in [1.165, 1.54) is 0 Å². The Kier molecular flexibility index (Phi) is 2.25. The van der Waals surface area contributed by atoms with Gasteiger partial charge in [0.2, 0.25) is 10.0 Å². The van der Waals surface area contributed by atoms with Crippen molar-refractivity contribution in [3.63, 3.8) is 0 Å². The predicted molar refractivity (Wildman–Crippen MR) is 60.1 cm³/mol. The van der Waals surface area contributed by atoms with Crippen molar-refractivity contribution in [2.24, 2.45) is 5.14 Å². The van der Waals surface area contributed by atoms with Gasteiger partial charge in [-0.25, -0.2) is 13.6 Å². The van der Waals surface area contributed by atoms with Crippen LogP contribution in [-0.2, 0) is 10.0 Å². The van der Waals surface area contributed by atoms with Crippen molar-refractivity contribution in [2.75, 3.05) is 0 Å². The number of nitrogens with two attached hydrogens (primary N) is 1. The number of hydrogen-bond acceptors (Lipinski definition) is 2. The number of fused-ring (bicyclic) bond motifs is 1. The lowest BCUT2D eigenvalue weighted by molar-refractivity contribution is 0.598. The average molecular weight is 221 g/mol. The summed E-state index contributed by atoms with van der Waals surface area (Å²) in [6.45, 7) is 1.85. The zero-order valence-electron chi connectivity index (χ0n) is 8.27. The van der Waals surface area contributed by atoms with Crippen LogP contribution in [0, 0.1) is 6.92 Å². The van der Waals surface area contributed by atoms with E-state index in [0.717, 1.165) is 10.9 Å². The number of hydrogen-bond donors (Lipinski definition) is 1. The lowest BCUT2D eigenvalue weighted by Gasteiger charge is -2.05. The van der Waals surface area contributed by atoms with Crippen LogP contribution >= 0.6 is 0 Å². The minimum Gasteiger partial charge on any atom is -0.225 e. The van der Waals surface area contributed by atoms with Gasteiger partial charge in [0.15, 0.2) is 0 Å². The molecule has 15 heavy (non-hydrogen) atoms. The van der Waals surface area contributed by atoms with Gasteiger partial charge in [0, 0.05) is 5.39 Å². The third-order valence-electron chi connectivity index (χ3n) is 2.27.